The molecule has 1 aromatic heterocycles. The van der Waals surface area contributed by atoms with E-state index >= 15 is 0 Å². The molecule has 0 atom stereocenters. The maximum absolute atomic E-state index is 5.59. The minimum Gasteiger partial charge on any atom is -0.454 e. The van der Waals surface area contributed by atoms with Crippen LogP contribution in [0, 0.1) is 3.77 Å². The predicted octanol–water partition coefficient (Wildman–Crippen LogP) is 5.74. The topological polar surface area (TPSA) is 25.2 Å². The van der Waals surface area contributed by atoms with Gasteiger partial charge in [0.25, 0.3) is 0 Å². The molecular weight excluding hydrogens is 361 g/mol. The molecule has 0 amide bonds. The third-order valence-electron chi connectivity index (χ3n) is 3.45. The van der Waals surface area contributed by atoms with Crippen LogP contribution in [-0.4, -0.2) is 0 Å². The molecule has 108 valence electrons. The highest BCUT2D eigenvalue weighted by Crippen LogP contribution is 2.28. The molecule has 20 heavy (non-hydrogen) atoms. The van der Waals surface area contributed by atoms with Crippen molar-refractivity contribution in [1.82, 2.24) is 0 Å². The van der Waals surface area contributed by atoms with Crippen molar-refractivity contribution in [2.45, 2.75) is 46.1 Å². The van der Waals surface area contributed by atoms with E-state index in [1.807, 2.05) is 12.1 Å². The molecule has 2 rings (SSSR count). The quantitative estimate of drug-likeness (QED) is 0.666. The molecule has 0 radical (unpaired) electrons. The van der Waals surface area contributed by atoms with Crippen molar-refractivity contribution in [3.63, 3.8) is 0 Å². The second-order valence-electron chi connectivity index (χ2n) is 5.72. The van der Waals surface area contributed by atoms with Crippen molar-refractivity contribution >= 4 is 28.3 Å². The molecule has 0 aliphatic rings. The summed E-state index contributed by atoms with van der Waals surface area (Å²) in [5.74, 6) is 2.04. The van der Waals surface area contributed by atoms with Gasteiger partial charge in [0.1, 0.15) is 5.76 Å². The molecule has 1 heterocycles. The number of benzene rings is 1. The number of halogens is 1. The Labute approximate surface area is 135 Å². The first-order valence-electron chi connectivity index (χ1n) is 7.09. The Kier molecular flexibility index (Phi) is 5.13. The van der Waals surface area contributed by atoms with Crippen LogP contribution >= 0.6 is 22.6 Å². The minimum absolute atomic E-state index is 0.507. The number of nitrogens with one attached hydrogen (secondary N) is 1. The minimum atomic E-state index is 0.507. The van der Waals surface area contributed by atoms with E-state index in [1.165, 1.54) is 16.8 Å². The molecule has 0 saturated carbocycles. The van der Waals surface area contributed by atoms with Crippen LogP contribution in [0.3, 0.4) is 0 Å². The molecule has 0 spiro atoms. The van der Waals surface area contributed by atoms with Gasteiger partial charge in [-0.25, -0.2) is 0 Å². The van der Waals surface area contributed by atoms with E-state index in [9.17, 15) is 0 Å². The van der Waals surface area contributed by atoms with Gasteiger partial charge < -0.3 is 9.73 Å². The Morgan fingerprint density at radius 3 is 2.35 bits per heavy atom. The molecular formula is C17H22INO. The Bertz CT molecular complexity index is 572. The number of hydrogen-bond acceptors (Lipinski definition) is 2. The van der Waals surface area contributed by atoms with Crippen LogP contribution in [0.1, 0.15) is 56.4 Å². The molecule has 2 aromatic rings. The number of rotatable bonds is 5. The third kappa shape index (κ3) is 3.78. The number of hydrogen-bond donors (Lipinski definition) is 1. The predicted molar refractivity (Wildman–Crippen MR) is 93.4 cm³/mol. The van der Waals surface area contributed by atoms with Gasteiger partial charge in [0.05, 0.1) is 6.54 Å². The lowest BCUT2D eigenvalue weighted by Crippen LogP contribution is -2.04. The first-order valence-corrected chi connectivity index (χ1v) is 8.17. The highest BCUT2D eigenvalue weighted by molar-refractivity contribution is 14.1. The Hall–Kier alpha value is -0.970. The molecule has 1 aromatic carbocycles. The molecule has 0 aliphatic heterocycles. The molecule has 0 bridgehead atoms. The van der Waals surface area contributed by atoms with E-state index in [2.05, 4.69) is 73.8 Å². The Balaban J connectivity index is 2.18. The molecule has 2 nitrogen and oxygen atoms in total. The SMILES string of the molecule is CC(C)c1ccc(NCc2ccc(I)o2)c(C(C)C)c1. The fourth-order valence-electron chi connectivity index (χ4n) is 2.21. The van der Waals surface area contributed by atoms with Gasteiger partial charge in [-0.15, -0.1) is 0 Å². The summed E-state index contributed by atoms with van der Waals surface area (Å²) in [6.07, 6.45) is 0. The van der Waals surface area contributed by atoms with E-state index < -0.39 is 0 Å². The van der Waals surface area contributed by atoms with E-state index in [4.69, 9.17) is 4.42 Å². The van der Waals surface area contributed by atoms with Gasteiger partial charge in [-0.3, -0.25) is 0 Å². The highest BCUT2D eigenvalue weighted by atomic mass is 127. The molecule has 0 unspecified atom stereocenters. The summed E-state index contributed by atoms with van der Waals surface area (Å²) in [4.78, 5) is 0. The van der Waals surface area contributed by atoms with Crippen molar-refractivity contribution in [3.05, 3.63) is 51.0 Å². The number of anilines is 1. The largest absolute Gasteiger partial charge is 0.454 e. The van der Waals surface area contributed by atoms with Crippen LogP contribution in [0.15, 0.2) is 34.7 Å². The Morgan fingerprint density at radius 1 is 1.05 bits per heavy atom. The monoisotopic (exact) mass is 383 g/mol. The zero-order valence-corrected chi connectivity index (χ0v) is 14.7. The van der Waals surface area contributed by atoms with Crippen molar-refractivity contribution in [2.75, 3.05) is 5.32 Å². The fourth-order valence-corrected chi connectivity index (χ4v) is 2.67. The van der Waals surface area contributed by atoms with Crippen molar-refractivity contribution < 1.29 is 4.42 Å². The smallest absolute Gasteiger partial charge is 0.164 e. The van der Waals surface area contributed by atoms with Gasteiger partial charge in [0.15, 0.2) is 3.77 Å². The normalized spacial score (nSPS) is 11.3. The van der Waals surface area contributed by atoms with Crippen molar-refractivity contribution in [3.8, 4) is 0 Å². The zero-order chi connectivity index (χ0) is 14.7. The summed E-state index contributed by atoms with van der Waals surface area (Å²) < 4.78 is 6.52. The van der Waals surface area contributed by atoms with E-state index in [1.54, 1.807) is 0 Å². The average molecular weight is 383 g/mol. The van der Waals surface area contributed by atoms with E-state index in [0.717, 1.165) is 16.1 Å². The van der Waals surface area contributed by atoms with Crippen molar-refractivity contribution in [1.29, 1.82) is 0 Å². The number of furan rings is 1. The van der Waals surface area contributed by atoms with Crippen LogP contribution in [0.4, 0.5) is 5.69 Å². The lowest BCUT2D eigenvalue weighted by molar-refractivity contribution is 0.492. The summed E-state index contributed by atoms with van der Waals surface area (Å²) in [7, 11) is 0. The molecule has 1 N–H and O–H groups in total. The average Bonchev–Trinajstić information content (AvgIpc) is 2.81. The lowest BCUT2D eigenvalue weighted by Gasteiger charge is -2.17. The third-order valence-corrected chi connectivity index (χ3v) is 4.03. The van der Waals surface area contributed by atoms with Crippen LogP contribution in [0.25, 0.3) is 0 Å². The summed E-state index contributed by atoms with van der Waals surface area (Å²) >= 11 is 2.19. The van der Waals surface area contributed by atoms with Crippen LogP contribution < -0.4 is 5.32 Å². The molecule has 0 saturated heterocycles. The zero-order valence-electron chi connectivity index (χ0n) is 12.5. The van der Waals surface area contributed by atoms with Crippen molar-refractivity contribution in [2.24, 2.45) is 0 Å². The summed E-state index contributed by atoms with van der Waals surface area (Å²) in [6.45, 7) is 9.67. The fraction of sp³-hybridized carbons (Fsp3) is 0.412. The van der Waals surface area contributed by atoms with Gasteiger partial charge in [-0.1, -0.05) is 39.8 Å². The second kappa shape index (κ2) is 6.66. The lowest BCUT2D eigenvalue weighted by atomic mass is 9.94. The van der Waals surface area contributed by atoms with Gasteiger partial charge in [-0.05, 0) is 63.8 Å². The van der Waals surface area contributed by atoms with Gasteiger partial charge >= 0.3 is 0 Å². The molecule has 3 heteroatoms. The van der Waals surface area contributed by atoms with Crippen LogP contribution in [-0.2, 0) is 6.54 Å². The first kappa shape index (κ1) is 15.4. The van der Waals surface area contributed by atoms with E-state index in [0.29, 0.717) is 11.8 Å². The summed E-state index contributed by atoms with van der Waals surface area (Å²) in [5.41, 5.74) is 3.97. The Morgan fingerprint density at radius 2 is 1.80 bits per heavy atom. The molecule has 0 fully saturated rings. The van der Waals surface area contributed by atoms with Gasteiger partial charge in [0, 0.05) is 5.69 Å². The second-order valence-corrected chi connectivity index (χ2v) is 6.78. The maximum atomic E-state index is 5.59. The van der Waals surface area contributed by atoms with E-state index in [-0.39, 0.29) is 0 Å². The summed E-state index contributed by atoms with van der Waals surface area (Å²) in [6, 6.07) is 10.7. The van der Waals surface area contributed by atoms with Gasteiger partial charge in [-0.2, -0.15) is 0 Å². The van der Waals surface area contributed by atoms with Crippen LogP contribution in [0.5, 0.6) is 0 Å². The first-order chi connectivity index (χ1) is 9.47. The van der Waals surface area contributed by atoms with Crippen LogP contribution in [0.2, 0.25) is 0 Å². The maximum Gasteiger partial charge on any atom is 0.164 e. The summed E-state index contributed by atoms with van der Waals surface area (Å²) in [5, 5.41) is 3.49. The molecule has 0 aliphatic carbocycles. The highest BCUT2D eigenvalue weighted by Gasteiger charge is 2.10. The van der Waals surface area contributed by atoms with Gasteiger partial charge in [0.2, 0.25) is 0 Å². The standard InChI is InChI=1S/C17H22INO/c1-11(2)13-5-7-16(15(9-13)12(3)4)19-10-14-6-8-17(18)20-14/h5-9,11-12,19H,10H2,1-4H3.